The van der Waals surface area contributed by atoms with E-state index in [0.29, 0.717) is 5.56 Å². The van der Waals surface area contributed by atoms with E-state index < -0.39 is 0 Å². The normalized spacial score (nSPS) is 10.3. The fourth-order valence-corrected chi connectivity index (χ4v) is 1.23. The molecule has 0 bridgehead atoms. The zero-order chi connectivity index (χ0) is 9.26. The number of nitrogens with zero attached hydrogens (tertiary/aromatic N) is 1. The minimum atomic E-state index is -0.178. The molecule has 0 spiro atoms. The molecule has 0 amide bonds. The third-order valence-electron chi connectivity index (χ3n) is 1.97. The number of aryl methyl sites for hydroxylation is 1. The number of hydrogen-bond donors (Lipinski definition) is 1. The second-order valence-electron chi connectivity index (χ2n) is 2.93. The molecule has 3 heteroatoms. The van der Waals surface area contributed by atoms with Gasteiger partial charge in [0.1, 0.15) is 5.82 Å². The lowest BCUT2D eigenvalue weighted by Gasteiger charge is -1.99. The summed E-state index contributed by atoms with van der Waals surface area (Å²) >= 11 is 0. The van der Waals surface area contributed by atoms with Crippen LogP contribution in [0.15, 0.2) is 30.5 Å². The van der Waals surface area contributed by atoms with Gasteiger partial charge in [0.05, 0.1) is 5.69 Å². The van der Waals surface area contributed by atoms with Crippen LogP contribution in [-0.4, -0.2) is 10.2 Å². The summed E-state index contributed by atoms with van der Waals surface area (Å²) in [6.45, 7) is 1.75. The fraction of sp³-hybridized carbons (Fsp3) is 0.100. The third-order valence-corrected chi connectivity index (χ3v) is 1.97. The van der Waals surface area contributed by atoms with Crippen molar-refractivity contribution in [3.8, 4) is 11.3 Å². The maximum atomic E-state index is 12.9. The zero-order valence-electron chi connectivity index (χ0n) is 7.21. The quantitative estimate of drug-likeness (QED) is 0.710. The summed E-state index contributed by atoms with van der Waals surface area (Å²) < 4.78 is 12.9. The van der Waals surface area contributed by atoms with Gasteiger partial charge in [-0.2, -0.15) is 5.10 Å². The number of aromatic nitrogens is 2. The van der Waals surface area contributed by atoms with Crippen molar-refractivity contribution in [1.82, 2.24) is 10.2 Å². The van der Waals surface area contributed by atoms with Gasteiger partial charge in [-0.25, -0.2) is 4.39 Å². The van der Waals surface area contributed by atoms with Crippen molar-refractivity contribution >= 4 is 0 Å². The van der Waals surface area contributed by atoms with Gasteiger partial charge in [-0.3, -0.25) is 5.10 Å². The van der Waals surface area contributed by atoms with E-state index in [2.05, 4.69) is 10.2 Å². The standard InChI is InChI=1S/C10H9FN2/c1-7-6-8(2-3-9(7)11)10-4-5-12-13-10/h2-6H,1H3,(H,12,13). The largest absolute Gasteiger partial charge is 0.278 e. The van der Waals surface area contributed by atoms with E-state index in [-0.39, 0.29) is 5.82 Å². The summed E-state index contributed by atoms with van der Waals surface area (Å²) in [6.07, 6.45) is 1.67. The molecule has 0 saturated heterocycles. The average Bonchev–Trinajstić information content (AvgIpc) is 2.62. The Hall–Kier alpha value is -1.64. The number of aromatic amines is 1. The number of H-pyrrole nitrogens is 1. The van der Waals surface area contributed by atoms with Gasteiger partial charge in [0.15, 0.2) is 0 Å². The Morgan fingerprint density at radius 2 is 2.15 bits per heavy atom. The molecule has 2 nitrogen and oxygen atoms in total. The third kappa shape index (κ3) is 1.45. The highest BCUT2D eigenvalue weighted by atomic mass is 19.1. The molecule has 0 aliphatic heterocycles. The molecule has 1 heterocycles. The molecule has 2 rings (SSSR count). The Balaban J connectivity index is 2.49. The first-order chi connectivity index (χ1) is 6.27. The molecule has 0 aliphatic carbocycles. The lowest BCUT2D eigenvalue weighted by atomic mass is 10.1. The van der Waals surface area contributed by atoms with Crippen LogP contribution in [0.1, 0.15) is 5.56 Å². The lowest BCUT2D eigenvalue weighted by Crippen LogP contribution is -1.84. The van der Waals surface area contributed by atoms with Gasteiger partial charge in [-0.15, -0.1) is 0 Å². The predicted molar refractivity (Wildman–Crippen MR) is 48.7 cm³/mol. The summed E-state index contributed by atoms with van der Waals surface area (Å²) in [7, 11) is 0. The summed E-state index contributed by atoms with van der Waals surface area (Å²) in [5.41, 5.74) is 2.51. The van der Waals surface area contributed by atoms with E-state index in [0.717, 1.165) is 11.3 Å². The second kappa shape index (κ2) is 3.01. The minimum Gasteiger partial charge on any atom is -0.278 e. The first-order valence-electron chi connectivity index (χ1n) is 4.03. The lowest BCUT2D eigenvalue weighted by molar-refractivity contribution is 0.619. The van der Waals surface area contributed by atoms with Crippen LogP contribution < -0.4 is 0 Å². The molecule has 0 fully saturated rings. The molecule has 66 valence electrons. The Labute approximate surface area is 75.4 Å². The van der Waals surface area contributed by atoms with Crippen molar-refractivity contribution in [3.05, 3.63) is 41.8 Å². The summed E-state index contributed by atoms with van der Waals surface area (Å²) in [5, 5.41) is 6.66. The molecule has 1 aromatic carbocycles. The highest BCUT2D eigenvalue weighted by Gasteiger charge is 2.01. The van der Waals surface area contributed by atoms with Gasteiger partial charge in [0, 0.05) is 6.20 Å². The Bertz CT molecular complexity index is 407. The molecule has 1 N–H and O–H groups in total. The van der Waals surface area contributed by atoms with Crippen LogP contribution >= 0.6 is 0 Å². The molecule has 1 aromatic heterocycles. The second-order valence-corrected chi connectivity index (χ2v) is 2.93. The van der Waals surface area contributed by atoms with E-state index in [1.54, 1.807) is 25.3 Å². The van der Waals surface area contributed by atoms with Gasteiger partial charge in [0.25, 0.3) is 0 Å². The monoisotopic (exact) mass is 176 g/mol. The molecule has 0 saturated carbocycles. The van der Waals surface area contributed by atoms with Crippen LogP contribution in [0.5, 0.6) is 0 Å². The van der Waals surface area contributed by atoms with Crippen molar-refractivity contribution in [2.24, 2.45) is 0 Å². The minimum absolute atomic E-state index is 0.178. The number of benzene rings is 1. The maximum absolute atomic E-state index is 12.9. The molecule has 2 aromatic rings. The Morgan fingerprint density at radius 3 is 2.77 bits per heavy atom. The summed E-state index contributed by atoms with van der Waals surface area (Å²) in [5.74, 6) is -0.178. The number of halogens is 1. The summed E-state index contributed by atoms with van der Waals surface area (Å²) in [4.78, 5) is 0. The van der Waals surface area contributed by atoms with Crippen LogP contribution in [0.25, 0.3) is 11.3 Å². The number of nitrogens with one attached hydrogen (secondary N) is 1. The average molecular weight is 176 g/mol. The fourth-order valence-electron chi connectivity index (χ4n) is 1.23. The van der Waals surface area contributed by atoms with Crippen LogP contribution in [0.4, 0.5) is 4.39 Å². The van der Waals surface area contributed by atoms with E-state index >= 15 is 0 Å². The smallest absolute Gasteiger partial charge is 0.126 e. The molecule has 13 heavy (non-hydrogen) atoms. The van der Waals surface area contributed by atoms with Gasteiger partial charge >= 0.3 is 0 Å². The first-order valence-corrected chi connectivity index (χ1v) is 4.03. The van der Waals surface area contributed by atoms with Gasteiger partial charge in [0.2, 0.25) is 0 Å². The topological polar surface area (TPSA) is 28.7 Å². The highest BCUT2D eigenvalue weighted by molar-refractivity contribution is 5.59. The molecular weight excluding hydrogens is 167 g/mol. The van der Waals surface area contributed by atoms with Crippen molar-refractivity contribution in [1.29, 1.82) is 0 Å². The van der Waals surface area contributed by atoms with Crippen LogP contribution in [0.2, 0.25) is 0 Å². The molecular formula is C10H9FN2. The van der Waals surface area contributed by atoms with Gasteiger partial charge in [-0.1, -0.05) is 0 Å². The maximum Gasteiger partial charge on any atom is 0.126 e. The van der Waals surface area contributed by atoms with Crippen LogP contribution in [-0.2, 0) is 0 Å². The van der Waals surface area contributed by atoms with E-state index in [1.165, 1.54) is 6.07 Å². The van der Waals surface area contributed by atoms with E-state index in [9.17, 15) is 4.39 Å². The Kier molecular flexibility index (Phi) is 1.85. The Morgan fingerprint density at radius 1 is 1.31 bits per heavy atom. The van der Waals surface area contributed by atoms with Crippen LogP contribution in [0.3, 0.4) is 0 Å². The van der Waals surface area contributed by atoms with Gasteiger partial charge < -0.3 is 0 Å². The van der Waals surface area contributed by atoms with E-state index in [1.807, 2.05) is 6.07 Å². The molecule has 0 atom stereocenters. The SMILES string of the molecule is Cc1cc(-c2ccn[nH]2)ccc1F. The first kappa shape index (κ1) is 7.98. The van der Waals surface area contributed by atoms with Gasteiger partial charge in [-0.05, 0) is 42.3 Å². The highest BCUT2D eigenvalue weighted by Crippen LogP contribution is 2.18. The van der Waals surface area contributed by atoms with E-state index in [4.69, 9.17) is 0 Å². The predicted octanol–water partition coefficient (Wildman–Crippen LogP) is 2.52. The van der Waals surface area contributed by atoms with Crippen molar-refractivity contribution in [2.45, 2.75) is 6.92 Å². The molecule has 0 unspecified atom stereocenters. The zero-order valence-corrected chi connectivity index (χ0v) is 7.21. The van der Waals surface area contributed by atoms with Crippen molar-refractivity contribution in [2.75, 3.05) is 0 Å². The molecule has 0 aliphatic rings. The van der Waals surface area contributed by atoms with Crippen molar-refractivity contribution in [3.63, 3.8) is 0 Å². The van der Waals surface area contributed by atoms with Crippen LogP contribution in [0, 0.1) is 12.7 Å². The van der Waals surface area contributed by atoms with Crippen molar-refractivity contribution < 1.29 is 4.39 Å². The number of rotatable bonds is 1. The summed E-state index contributed by atoms with van der Waals surface area (Å²) in [6, 6.07) is 6.84. The number of hydrogen-bond acceptors (Lipinski definition) is 1. The molecule has 0 radical (unpaired) electrons.